The first-order valence-corrected chi connectivity index (χ1v) is 9.70. The van der Waals surface area contributed by atoms with Crippen molar-refractivity contribution >= 4 is 35.0 Å². The SMILES string of the molecule is CCn1c(SCC(=O)Nc2ccccc2)nnc1-c1ccc(NC(C)=O)cn1. The first kappa shape index (κ1) is 19.6. The molecule has 3 aromatic rings. The van der Waals surface area contributed by atoms with Gasteiger partial charge in [0.1, 0.15) is 5.69 Å². The fraction of sp³-hybridized carbons (Fsp3) is 0.211. The van der Waals surface area contributed by atoms with Gasteiger partial charge < -0.3 is 15.2 Å². The molecule has 0 aliphatic heterocycles. The molecule has 0 atom stereocenters. The summed E-state index contributed by atoms with van der Waals surface area (Å²) in [7, 11) is 0. The highest BCUT2D eigenvalue weighted by Crippen LogP contribution is 2.23. The van der Waals surface area contributed by atoms with Crippen LogP contribution in [0.25, 0.3) is 11.5 Å². The second kappa shape index (κ2) is 9.14. The third kappa shape index (κ3) is 4.95. The molecule has 2 N–H and O–H groups in total. The van der Waals surface area contributed by atoms with Gasteiger partial charge in [-0.3, -0.25) is 14.6 Å². The summed E-state index contributed by atoms with van der Waals surface area (Å²) in [5, 5.41) is 14.6. The molecule has 0 aliphatic carbocycles. The molecule has 0 fully saturated rings. The molecule has 0 saturated heterocycles. The predicted octanol–water partition coefficient (Wildman–Crippen LogP) is 3.05. The minimum Gasteiger partial charge on any atom is -0.325 e. The number of carbonyl (C=O) groups excluding carboxylic acids is 2. The predicted molar refractivity (Wildman–Crippen MR) is 109 cm³/mol. The normalized spacial score (nSPS) is 10.5. The van der Waals surface area contributed by atoms with Crippen molar-refractivity contribution in [2.24, 2.45) is 0 Å². The summed E-state index contributed by atoms with van der Waals surface area (Å²) in [4.78, 5) is 27.6. The van der Waals surface area contributed by atoms with Crippen LogP contribution in [0.3, 0.4) is 0 Å². The van der Waals surface area contributed by atoms with E-state index in [4.69, 9.17) is 0 Å². The summed E-state index contributed by atoms with van der Waals surface area (Å²) in [6, 6.07) is 12.8. The summed E-state index contributed by atoms with van der Waals surface area (Å²) in [6.07, 6.45) is 1.57. The van der Waals surface area contributed by atoms with E-state index < -0.39 is 0 Å². The number of pyridine rings is 1. The number of nitrogens with one attached hydrogen (secondary N) is 2. The number of benzene rings is 1. The average molecular weight is 396 g/mol. The zero-order chi connectivity index (χ0) is 19.9. The molecule has 144 valence electrons. The highest BCUT2D eigenvalue weighted by molar-refractivity contribution is 7.99. The van der Waals surface area contributed by atoms with Crippen molar-refractivity contribution in [3.8, 4) is 11.5 Å². The van der Waals surface area contributed by atoms with Crippen LogP contribution in [0, 0.1) is 0 Å². The van der Waals surface area contributed by atoms with Gasteiger partial charge in [-0.1, -0.05) is 30.0 Å². The molecule has 2 heterocycles. The topological polar surface area (TPSA) is 102 Å². The van der Waals surface area contributed by atoms with Crippen molar-refractivity contribution in [2.75, 3.05) is 16.4 Å². The lowest BCUT2D eigenvalue weighted by atomic mass is 10.3. The smallest absolute Gasteiger partial charge is 0.234 e. The molecular formula is C19H20N6O2S. The van der Waals surface area contributed by atoms with Gasteiger partial charge in [0.15, 0.2) is 11.0 Å². The number of aromatic nitrogens is 4. The highest BCUT2D eigenvalue weighted by Gasteiger charge is 2.15. The number of hydrogen-bond acceptors (Lipinski definition) is 6. The number of nitrogens with zero attached hydrogens (tertiary/aromatic N) is 4. The van der Waals surface area contributed by atoms with Crippen molar-refractivity contribution in [1.29, 1.82) is 0 Å². The van der Waals surface area contributed by atoms with Crippen LogP contribution in [-0.2, 0) is 16.1 Å². The van der Waals surface area contributed by atoms with Crippen LogP contribution < -0.4 is 10.6 Å². The number of carbonyl (C=O) groups is 2. The standard InChI is InChI=1S/C19H20N6O2S/c1-3-25-18(16-10-9-15(11-20-16)21-13(2)26)23-24-19(25)28-12-17(27)22-14-7-5-4-6-8-14/h4-11H,3,12H2,1-2H3,(H,21,26)(H,22,27). The Hall–Kier alpha value is -3.20. The molecule has 2 amide bonds. The van der Waals surface area contributed by atoms with E-state index in [0.717, 1.165) is 5.69 Å². The molecule has 3 rings (SSSR count). The number of amides is 2. The van der Waals surface area contributed by atoms with Crippen LogP contribution in [0.2, 0.25) is 0 Å². The van der Waals surface area contributed by atoms with E-state index in [9.17, 15) is 9.59 Å². The highest BCUT2D eigenvalue weighted by atomic mass is 32.2. The Bertz CT molecular complexity index is 956. The fourth-order valence-corrected chi connectivity index (χ4v) is 3.32. The van der Waals surface area contributed by atoms with Gasteiger partial charge in [0.05, 0.1) is 17.6 Å². The van der Waals surface area contributed by atoms with E-state index in [0.29, 0.717) is 28.9 Å². The number of hydrogen-bond donors (Lipinski definition) is 2. The quantitative estimate of drug-likeness (QED) is 0.595. The molecule has 28 heavy (non-hydrogen) atoms. The Morgan fingerprint density at radius 2 is 1.82 bits per heavy atom. The van der Waals surface area contributed by atoms with Crippen molar-refractivity contribution in [3.05, 3.63) is 48.7 Å². The maximum Gasteiger partial charge on any atom is 0.234 e. The van der Waals surface area contributed by atoms with Crippen molar-refractivity contribution in [3.63, 3.8) is 0 Å². The molecular weight excluding hydrogens is 376 g/mol. The third-order valence-electron chi connectivity index (χ3n) is 3.74. The zero-order valence-corrected chi connectivity index (χ0v) is 16.4. The van der Waals surface area contributed by atoms with Crippen LogP contribution >= 0.6 is 11.8 Å². The molecule has 8 nitrogen and oxygen atoms in total. The minimum atomic E-state index is -0.154. The molecule has 1 aromatic carbocycles. The number of anilines is 2. The van der Waals surface area contributed by atoms with Gasteiger partial charge in [-0.05, 0) is 31.2 Å². The Labute approximate surface area is 166 Å². The third-order valence-corrected chi connectivity index (χ3v) is 4.70. The van der Waals surface area contributed by atoms with Gasteiger partial charge >= 0.3 is 0 Å². The second-order valence-corrected chi connectivity index (χ2v) is 6.81. The molecule has 0 spiro atoms. The van der Waals surface area contributed by atoms with E-state index in [2.05, 4.69) is 25.8 Å². The van der Waals surface area contributed by atoms with Crippen LogP contribution in [0.15, 0.2) is 53.8 Å². The summed E-state index contributed by atoms with van der Waals surface area (Å²) in [5.41, 5.74) is 2.02. The molecule has 2 aromatic heterocycles. The van der Waals surface area contributed by atoms with Crippen LogP contribution in [0.4, 0.5) is 11.4 Å². The van der Waals surface area contributed by atoms with Gasteiger partial charge in [0.2, 0.25) is 11.8 Å². The molecule has 0 aliphatic rings. The monoisotopic (exact) mass is 396 g/mol. The lowest BCUT2D eigenvalue weighted by molar-refractivity contribution is -0.114. The van der Waals surface area contributed by atoms with Crippen LogP contribution in [-0.4, -0.2) is 37.3 Å². The summed E-state index contributed by atoms with van der Waals surface area (Å²) < 4.78 is 1.90. The van der Waals surface area contributed by atoms with E-state index in [1.165, 1.54) is 18.7 Å². The summed E-state index contributed by atoms with van der Waals surface area (Å²) >= 11 is 1.32. The van der Waals surface area contributed by atoms with Gasteiger partial charge in [-0.15, -0.1) is 10.2 Å². The molecule has 0 saturated carbocycles. The van der Waals surface area contributed by atoms with Crippen LogP contribution in [0.1, 0.15) is 13.8 Å². The lowest BCUT2D eigenvalue weighted by Crippen LogP contribution is -2.14. The van der Waals surface area contributed by atoms with Gasteiger partial charge in [0.25, 0.3) is 0 Å². The van der Waals surface area contributed by atoms with E-state index >= 15 is 0 Å². The van der Waals surface area contributed by atoms with E-state index in [1.54, 1.807) is 18.3 Å². The number of para-hydroxylation sites is 1. The minimum absolute atomic E-state index is 0.110. The van der Waals surface area contributed by atoms with Gasteiger partial charge in [0, 0.05) is 19.2 Å². The average Bonchev–Trinajstić information content (AvgIpc) is 3.10. The van der Waals surface area contributed by atoms with E-state index in [-0.39, 0.29) is 17.6 Å². The Kier molecular flexibility index (Phi) is 6.38. The number of rotatable bonds is 7. The van der Waals surface area contributed by atoms with Crippen molar-refractivity contribution in [1.82, 2.24) is 19.7 Å². The van der Waals surface area contributed by atoms with Crippen molar-refractivity contribution < 1.29 is 9.59 Å². The van der Waals surface area contributed by atoms with Crippen LogP contribution in [0.5, 0.6) is 0 Å². The Morgan fingerprint density at radius 3 is 2.46 bits per heavy atom. The zero-order valence-electron chi connectivity index (χ0n) is 15.5. The first-order chi connectivity index (χ1) is 13.6. The number of thioether (sulfide) groups is 1. The van der Waals surface area contributed by atoms with E-state index in [1.807, 2.05) is 41.8 Å². The summed E-state index contributed by atoms with van der Waals surface area (Å²) in [5.74, 6) is 0.574. The second-order valence-electron chi connectivity index (χ2n) is 5.87. The molecule has 0 bridgehead atoms. The van der Waals surface area contributed by atoms with Crippen molar-refractivity contribution in [2.45, 2.75) is 25.5 Å². The Balaban J connectivity index is 1.68. The fourth-order valence-electron chi connectivity index (χ4n) is 2.52. The largest absolute Gasteiger partial charge is 0.325 e. The molecule has 0 unspecified atom stereocenters. The summed E-state index contributed by atoms with van der Waals surface area (Å²) in [6.45, 7) is 4.06. The van der Waals surface area contributed by atoms with Gasteiger partial charge in [-0.2, -0.15) is 0 Å². The maximum atomic E-state index is 12.2. The lowest BCUT2D eigenvalue weighted by Gasteiger charge is -2.08. The molecule has 0 radical (unpaired) electrons. The Morgan fingerprint density at radius 1 is 1.04 bits per heavy atom. The van der Waals surface area contributed by atoms with Gasteiger partial charge in [-0.25, -0.2) is 0 Å². The molecule has 9 heteroatoms. The first-order valence-electron chi connectivity index (χ1n) is 8.71. The maximum absolute atomic E-state index is 12.2.